The summed E-state index contributed by atoms with van der Waals surface area (Å²) >= 11 is 5.71. The first-order valence-corrected chi connectivity index (χ1v) is 5.43. The zero-order valence-corrected chi connectivity index (χ0v) is 9.27. The standard InChI is InChI=1S/C9H9BO2S2/c1-5-2-6-4-8(13)14-9(6)7(3-5)10(11)12/h2-4,11-13H,1H3. The highest BCUT2D eigenvalue weighted by molar-refractivity contribution is 7.83. The Labute approximate surface area is 91.8 Å². The van der Waals surface area contributed by atoms with Crippen LogP contribution in [0.3, 0.4) is 0 Å². The average molecular weight is 224 g/mol. The first-order valence-electron chi connectivity index (χ1n) is 4.17. The third-order valence-electron chi connectivity index (χ3n) is 2.05. The smallest absolute Gasteiger partial charge is 0.423 e. The molecule has 0 amide bonds. The number of rotatable bonds is 1. The SMILES string of the molecule is Cc1cc(B(O)O)c2sc(S)cc2c1. The Morgan fingerprint density at radius 2 is 2.00 bits per heavy atom. The average Bonchev–Trinajstić information content (AvgIpc) is 2.42. The molecule has 0 aliphatic rings. The lowest BCUT2D eigenvalue weighted by atomic mass is 9.79. The third-order valence-corrected chi connectivity index (χ3v) is 3.46. The molecule has 5 heteroatoms. The monoisotopic (exact) mass is 224 g/mol. The molecule has 14 heavy (non-hydrogen) atoms. The van der Waals surface area contributed by atoms with Gasteiger partial charge in [0.1, 0.15) is 0 Å². The summed E-state index contributed by atoms with van der Waals surface area (Å²) in [5.41, 5.74) is 1.58. The Hall–Kier alpha value is -0.485. The van der Waals surface area contributed by atoms with Gasteiger partial charge in [-0.15, -0.1) is 24.0 Å². The minimum absolute atomic E-state index is 0.560. The topological polar surface area (TPSA) is 40.5 Å². The second-order valence-corrected chi connectivity index (χ2v) is 5.07. The Bertz CT molecular complexity index is 479. The molecule has 0 fully saturated rings. The highest BCUT2D eigenvalue weighted by Gasteiger charge is 2.16. The molecular weight excluding hydrogens is 215 g/mol. The number of hydrogen-bond acceptors (Lipinski definition) is 4. The summed E-state index contributed by atoms with van der Waals surface area (Å²) in [5, 5.41) is 19.4. The summed E-state index contributed by atoms with van der Waals surface area (Å²) in [4.78, 5) is 0. The number of hydrogen-bond donors (Lipinski definition) is 3. The molecule has 0 saturated heterocycles. The van der Waals surface area contributed by atoms with Gasteiger partial charge in [0.25, 0.3) is 0 Å². The van der Waals surface area contributed by atoms with E-state index in [-0.39, 0.29) is 0 Å². The molecule has 1 heterocycles. The van der Waals surface area contributed by atoms with Crippen molar-refractivity contribution in [2.75, 3.05) is 0 Å². The van der Waals surface area contributed by atoms with Crippen LogP contribution >= 0.6 is 24.0 Å². The molecule has 0 atom stereocenters. The van der Waals surface area contributed by atoms with Gasteiger partial charge in [-0.05, 0) is 18.4 Å². The predicted octanol–water partition coefficient (Wildman–Crippen LogP) is 1.18. The minimum Gasteiger partial charge on any atom is -0.423 e. The first-order chi connectivity index (χ1) is 6.58. The van der Waals surface area contributed by atoms with Crippen molar-refractivity contribution in [3.8, 4) is 0 Å². The van der Waals surface area contributed by atoms with Crippen molar-refractivity contribution in [3.63, 3.8) is 0 Å². The van der Waals surface area contributed by atoms with Crippen LogP contribution in [0.15, 0.2) is 22.4 Å². The molecule has 0 bridgehead atoms. The second kappa shape index (κ2) is 3.58. The highest BCUT2D eigenvalue weighted by atomic mass is 32.2. The van der Waals surface area contributed by atoms with Crippen molar-refractivity contribution >= 4 is 46.6 Å². The Morgan fingerprint density at radius 1 is 1.29 bits per heavy atom. The zero-order chi connectivity index (χ0) is 10.3. The molecule has 1 aromatic carbocycles. The van der Waals surface area contributed by atoms with Crippen LogP contribution in [0.1, 0.15) is 5.56 Å². The van der Waals surface area contributed by atoms with Gasteiger partial charge >= 0.3 is 7.12 Å². The number of fused-ring (bicyclic) bond motifs is 1. The fourth-order valence-corrected chi connectivity index (χ4v) is 2.84. The van der Waals surface area contributed by atoms with Crippen molar-refractivity contribution < 1.29 is 10.0 Å². The summed E-state index contributed by atoms with van der Waals surface area (Å²) in [7, 11) is -1.41. The molecule has 2 rings (SSSR count). The number of thiol groups is 1. The van der Waals surface area contributed by atoms with Gasteiger partial charge in [-0.1, -0.05) is 17.7 Å². The molecule has 0 saturated carbocycles. The fraction of sp³-hybridized carbons (Fsp3) is 0.111. The molecule has 2 nitrogen and oxygen atoms in total. The van der Waals surface area contributed by atoms with Crippen LogP contribution < -0.4 is 5.46 Å². The van der Waals surface area contributed by atoms with E-state index in [4.69, 9.17) is 0 Å². The van der Waals surface area contributed by atoms with Gasteiger partial charge in [0.05, 0.1) is 4.21 Å². The van der Waals surface area contributed by atoms with Crippen LogP contribution in [-0.2, 0) is 0 Å². The number of benzene rings is 1. The highest BCUT2D eigenvalue weighted by Crippen LogP contribution is 2.27. The van der Waals surface area contributed by atoms with E-state index in [0.717, 1.165) is 19.9 Å². The Morgan fingerprint density at radius 3 is 2.64 bits per heavy atom. The van der Waals surface area contributed by atoms with Gasteiger partial charge in [0.2, 0.25) is 0 Å². The second-order valence-electron chi connectivity index (χ2n) is 3.23. The molecule has 0 aliphatic heterocycles. The molecule has 2 aromatic rings. The Balaban J connectivity index is 2.79. The Kier molecular flexibility index (Phi) is 2.57. The largest absolute Gasteiger partial charge is 0.489 e. The van der Waals surface area contributed by atoms with Crippen molar-refractivity contribution in [3.05, 3.63) is 23.8 Å². The van der Waals surface area contributed by atoms with E-state index in [0.29, 0.717) is 5.46 Å². The molecule has 2 N–H and O–H groups in total. The lowest BCUT2D eigenvalue weighted by Crippen LogP contribution is -2.30. The van der Waals surface area contributed by atoms with Gasteiger partial charge in [-0.2, -0.15) is 0 Å². The molecule has 72 valence electrons. The maximum atomic E-state index is 9.19. The van der Waals surface area contributed by atoms with Gasteiger partial charge in [-0.3, -0.25) is 0 Å². The van der Waals surface area contributed by atoms with Crippen LogP contribution in [0.5, 0.6) is 0 Å². The van der Waals surface area contributed by atoms with E-state index < -0.39 is 7.12 Å². The minimum atomic E-state index is -1.41. The first kappa shape index (κ1) is 10.0. The lowest BCUT2D eigenvalue weighted by molar-refractivity contribution is 0.426. The summed E-state index contributed by atoms with van der Waals surface area (Å²) in [5.74, 6) is 0. The van der Waals surface area contributed by atoms with Crippen LogP contribution in [0.25, 0.3) is 10.1 Å². The normalized spacial score (nSPS) is 10.9. The van der Waals surface area contributed by atoms with Crippen molar-refractivity contribution in [2.45, 2.75) is 11.1 Å². The van der Waals surface area contributed by atoms with E-state index in [2.05, 4.69) is 12.6 Å². The van der Waals surface area contributed by atoms with Crippen molar-refractivity contribution in [1.82, 2.24) is 0 Å². The van der Waals surface area contributed by atoms with Crippen LogP contribution in [0.4, 0.5) is 0 Å². The van der Waals surface area contributed by atoms with E-state index >= 15 is 0 Å². The van der Waals surface area contributed by atoms with Gasteiger partial charge < -0.3 is 10.0 Å². The van der Waals surface area contributed by atoms with Crippen LogP contribution in [0.2, 0.25) is 0 Å². The van der Waals surface area contributed by atoms with E-state index in [1.54, 1.807) is 6.07 Å². The maximum absolute atomic E-state index is 9.19. The van der Waals surface area contributed by atoms with E-state index in [1.165, 1.54) is 11.3 Å². The maximum Gasteiger partial charge on any atom is 0.489 e. The fourth-order valence-electron chi connectivity index (χ4n) is 1.51. The van der Waals surface area contributed by atoms with Crippen molar-refractivity contribution in [1.29, 1.82) is 0 Å². The van der Waals surface area contributed by atoms with Crippen LogP contribution in [-0.4, -0.2) is 17.2 Å². The van der Waals surface area contributed by atoms with Crippen molar-refractivity contribution in [2.24, 2.45) is 0 Å². The molecule has 1 aromatic heterocycles. The van der Waals surface area contributed by atoms with Gasteiger partial charge in [-0.25, -0.2) is 0 Å². The number of aryl methyl sites for hydroxylation is 1. The van der Waals surface area contributed by atoms with Crippen LogP contribution in [0, 0.1) is 6.92 Å². The predicted molar refractivity (Wildman–Crippen MR) is 63.6 cm³/mol. The lowest BCUT2D eigenvalue weighted by Gasteiger charge is -2.02. The third kappa shape index (κ3) is 1.68. The quantitative estimate of drug-likeness (QED) is 0.502. The molecule has 0 aliphatic carbocycles. The van der Waals surface area contributed by atoms with Gasteiger partial charge in [0, 0.05) is 10.2 Å². The van der Waals surface area contributed by atoms with Gasteiger partial charge in [0.15, 0.2) is 0 Å². The summed E-state index contributed by atoms with van der Waals surface area (Å²) < 4.78 is 1.78. The number of thiophene rings is 1. The molecular formula is C9H9BO2S2. The summed E-state index contributed by atoms with van der Waals surface area (Å²) in [6.45, 7) is 1.93. The molecule has 0 radical (unpaired) electrons. The molecule has 0 spiro atoms. The van der Waals surface area contributed by atoms with E-state index in [1.807, 2.05) is 19.1 Å². The van der Waals surface area contributed by atoms with E-state index in [9.17, 15) is 10.0 Å². The summed E-state index contributed by atoms with van der Waals surface area (Å²) in [6.07, 6.45) is 0. The summed E-state index contributed by atoms with van der Waals surface area (Å²) in [6, 6.07) is 5.73. The zero-order valence-electron chi connectivity index (χ0n) is 7.56. The molecule has 0 unspecified atom stereocenters.